The molecule has 0 spiro atoms. The van der Waals surface area contributed by atoms with Crippen LogP contribution in [0.4, 0.5) is 0 Å². The molecule has 2 nitrogen and oxygen atoms in total. The molecule has 1 aliphatic heterocycles. The molecule has 15 heavy (non-hydrogen) atoms. The summed E-state index contributed by atoms with van der Waals surface area (Å²) in [6, 6.07) is 1.66. The summed E-state index contributed by atoms with van der Waals surface area (Å²) in [6.07, 6.45) is 7.35. The molecule has 1 saturated heterocycles. The summed E-state index contributed by atoms with van der Waals surface area (Å²) in [6.45, 7) is 4.80. The fourth-order valence-corrected chi connectivity index (χ4v) is 3.99. The standard InChI is InChI=1S/C13H24N2/c1-9-8-14-5-4-12(9)15-13-7-10-2-3-11(13)6-10/h9-15H,2-8H2,1H3. The Hall–Kier alpha value is -0.0800. The predicted molar refractivity (Wildman–Crippen MR) is 62.8 cm³/mol. The molecule has 0 aromatic heterocycles. The molecular formula is C13H24N2. The van der Waals surface area contributed by atoms with Gasteiger partial charge < -0.3 is 10.6 Å². The van der Waals surface area contributed by atoms with Crippen molar-refractivity contribution in [2.24, 2.45) is 17.8 Å². The van der Waals surface area contributed by atoms with Crippen molar-refractivity contribution in [1.82, 2.24) is 10.6 Å². The van der Waals surface area contributed by atoms with E-state index >= 15 is 0 Å². The predicted octanol–water partition coefficient (Wildman–Crippen LogP) is 1.76. The highest BCUT2D eigenvalue weighted by molar-refractivity contribution is 4.96. The average molecular weight is 208 g/mol. The Morgan fingerprint density at radius 3 is 2.67 bits per heavy atom. The molecule has 0 aromatic rings. The molecule has 0 aromatic carbocycles. The van der Waals surface area contributed by atoms with Crippen LogP contribution >= 0.6 is 0 Å². The molecule has 86 valence electrons. The minimum atomic E-state index is 0.788. The number of rotatable bonds is 2. The lowest BCUT2D eigenvalue weighted by atomic mass is 9.90. The normalized spacial score (nSPS) is 49.8. The number of nitrogens with one attached hydrogen (secondary N) is 2. The zero-order chi connectivity index (χ0) is 10.3. The SMILES string of the molecule is CC1CNCCC1NC1CC2CCC1C2. The Labute approximate surface area is 93.2 Å². The molecule has 5 unspecified atom stereocenters. The van der Waals surface area contributed by atoms with E-state index in [2.05, 4.69) is 17.6 Å². The minimum Gasteiger partial charge on any atom is -0.316 e. The largest absolute Gasteiger partial charge is 0.316 e. The maximum atomic E-state index is 3.96. The summed E-state index contributed by atoms with van der Waals surface area (Å²) >= 11 is 0. The fraction of sp³-hybridized carbons (Fsp3) is 1.00. The van der Waals surface area contributed by atoms with Gasteiger partial charge in [0.1, 0.15) is 0 Å². The van der Waals surface area contributed by atoms with Gasteiger partial charge in [0.25, 0.3) is 0 Å². The van der Waals surface area contributed by atoms with Crippen molar-refractivity contribution in [2.45, 2.75) is 51.1 Å². The summed E-state index contributed by atoms with van der Waals surface area (Å²) in [5.41, 5.74) is 0. The number of hydrogen-bond acceptors (Lipinski definition) is 2. The lowest BCUT2D eigenvalue weighted by Gasteiger charge is -2.35. The third-order valence-electron chi connectivity index (χ3n) is 4.95. The van der Waals surface area contributed by atoms with E-state index in [0.29, 0.717) is 0 Å². The van der Waals surface area contributed by atoms with Gasteiger partial charge in [0.2, 0.25) is 0 Å². The van der Waals surface area contributed by atoms with Gasteiger partial charge in [-0.3, -0.25) is 0 Å². The summed E-state index contributed by atoms with van der Waals surface area (Å²) in [5.74, 6) is 2.92. The maximum Gasteiger partial charge on any atom is 0.0120 e. The Balaban J connectivity index is 1.56. The third-order valence-corrected chi connectivity index (χ3v) is 4.95. The van der Waals surface area contributed by atoms with Gasteiger partial charge in [-0.15, -0.1) is 0 Å². The van der Waals surface area contributed by atoms with Crippen molar-refractivity contribution < 1.29 is 0 Å². The molecule has 0 radical (unpaired) electrons. The van der Waals surface area contributed by atoms with E-state index in [9.17, 15) is 0 Å². The van der Waals surface area contributed by atoms with E-state index in [-0.39, 0.29) is 0 Å². The molecule has 1 heterocycles. The monoisotopic (exact) mass is 208 g/mol. The van der Waals surface area contributed by atoms with Crippen LogP contribution in [0.3, 0.4) is 0 Å². The van der Waals surface area contributed by atoms with Crippen LogP contribution in [-0.2, 0) is 0 Å². The highest BCUT2D eigenvalue weighted by Crippen LogP contribution is 2.44. The van der Waals surface area contributed by atoms with E-state index in [0.717, 1.165) is 29.8 Å². The second-order valence-electron chi connectivity index (χ2n) is 6.02. The van der Waals surface area contributed by atoms with E-state index in [1.807, 2.05) is 0 Å². The van der Waals surface area contributed by atoms with Crippen molar-refractivity contribution in [1.29, 1.82) is 0 Å². The Bertz CT molecular complexity index is 229. The van der Waals surface area contributed by atoms with Gasteiger partial charge in [0.05, 0.1) is 0 Å². The first-order valence-electron chi connectivity index (χ1n) is 6.79. The molecule has 2 bridgehead atoms. The first kappa shape index (κ1) is 10.1. The molecular weight excluding hydrogens is 184 g/mol. The van der Waals surface area contributed by atoms with Crippen molar-refractivity contribution >= 4 is 0 Å². The van der Waals surface area contributed by atoms with Crippen molar-refractivity contribution in [2.75, 3.05) is 13.1 Å². The second kappa shape index (κ2) is 4.06. The van der Waals surface area contributed by atoms with Crippen LogP contribution in [-0.4, -0.2) is 25.2 Å². The van der Waals surface area contributed by atoms with Crippen molar-refractivity contribution in [3.63, 3.8) is 0 Å². The van der Waals surface area contributed by atoms with Gasteiger partial charge in [0, 0.05) is 12.1 Å². The van der Waals surface area contributed by atoms with Crippen LogP contribution in [0.2, 0.25) is 0 Å². The molecule has 3 aliphatic rings. The Morgan fingerprint density at radius 1 is 1.07 bits per heavy atom. The highest BCUT2D eigenvalue weighted by Gasteiger charge is 2.40. The fourth-order valence-electron chi connectivity index (χ4n) is 3.99. The molecule has 3 fully saturated rings. The van der Waals surface area contributed by atoms with E-state index in [1.54, 1.807) is 0 Å². The first-order valence-corrected chi connectivity index (χ1v) is 6.79. The van der Waals surface area contributed by atoms with Gasteiger partial charge in [-0.1, -0.05) is 13.3 Å². The molecule has 3 rings (SSSR count). The van der Waals surface area contributed by atoms with Gasteiger partial charge >= 0.3 is 0 Å². The summed E-state index contributed by atoms with van der Waals surface area (Å²) in [5, 5.41) is 7.44. The quantitative estimate of drug-likeness (QED) is 0.722. The van der Waals surface area contributed by atoms with E-state index in [1.165, 1.54) is 45.2 Å². The lowest BCUT2D eigenvalue weighted by Crippen LogP contribution is -2.51. The molecule has 2 aliphatic carbocycles. The average Bonchev–Trinajstić information content (AvgIpc) is 2.83. The Morgan fingerprint density at radius 2 is 2.00 bits per heavy atom. The first-order chi connectivity index (χ1) is 7.33. The summed E-state index contributed by atoms with van der Waals surface area (Å²) in [7, 11) is 0. The van der Waals surface area contributed by atoms with E-state index < -0.39 is 0 Å². The smallest absolute Gasteiger partial charge is 0.0120 e. The van der Waals surface area contributed by atoms with Crippen LogP contribution in [0.25, 0.3) is 0 Å². The Kier molecular flexibility index (Phi) is 2.73. The van der Waals surface area contributed by atoms with Crippen LogP contribution in [0.1, 0.15) is 39.0 Å². The third kappa shape index (κ3) is 1.94. The number of hydrogen-bond donors (Lipinski definition) is 2. The molecule has 2 N–H and O–H groups in total. The summed E-state index contributed by atoms with van der Waals surface area (Å²) < 4.78 is 0. The second-order valence-corrected chi connectivity index (χ2v) is 6.02. The van der Waals surface area contributed by atoms with Gasteiger partial charge in [-0.25, -0.2) is 0 Å². The van der Waals surface area contributed by atoms with Crippen molar-refractivity contribution in [3.05, 3.63) is 0 Å². The van der Waals surface area contributed by atoms with Gasteiger partial charge in [-0.2, -0.15) is 0 Å². The number of piperidine rings is 1. The maximum absolute atomic E-state index is 3.96. The van der Waals surface area contributed by atoms with Crippen LogP contribution in [0, 0.1) is 17.8 Å². The lowest BCUT2D eigenvalue weighted by molar-refractivity contribution is 0.237. The van der Waals surface area contributed by atoms with Gasteiger partial charge in [0.15, 0.2) is 0 Å². The molecule has 2 saturated carbocycles. The molecule has 5 atom stereocenters. The van der Waals surface area contributed by atoms with Crippen LogP contribution in [0.15, 0.2) is 0 Å². The molecule has 2 heteroatoms. The minimum absolute atomic E-state index is 0.788. The zero-order valence-corrected chi connectivity index (χ0v) is 9.84. The van der Waals surface area contributed by atoms with E-state index in [4.69, 9.17) is 0 Å². The number of fused-ring (bicyclic) bond motifs is 2. The van der Waals surface area contributed by atoms with Crippen molar-refractivity contribution in [3.8, 4) is 0 Å². The highest BCUT2D eigenvalue weighted by atomic mass is 15.0. The van der Waals surface area contributed by atoms with Crippen LogP contribution in [0.5, 0.6) is 0 Å². The topological polar surface area (TPSA) is 24.1 Å². The molecule has 0 amide bonds. The zero-order valence-electron chi connectivity index (χ0n) is 9.84. The summed E-state index contributed by atoms with van der Waals surface area (Å²) in [4.78, 5) is 0. The van der Waals surface area contributed by atoms with Crippen LogP contribution < -0.4 is 10.6 Å². The van der Waals surface area contributed by atoms with Gasteiger partial charge in [-0.05, 0) is 56.5 Å².